The highest BCUT2D eigenvalue weighted by atomic mass is 79.9. The van der Waals surface area contributed by atoms with Gasteiger partial charge >= 0.3 is 0 Å². The van der Waals surface area contributed by atoms with Gasteiger partial charge in [-0.1, -0.05) is 39.1 Å². The maximum absolute atomic E-state index is 10.5. The molecule has 0 aliphatic heterocycles. The van der Waals surface area contributed by atoms with E-state index in [1.165, 1.54) is 12.1 Å². The molecule has 21 heavy (non-hydrogen) atoms. The van der Waals surface area contributed by atoms with Crippen molar-refractivity contribution in [1.82, 2.24) is 0 Å². The molecule has 4 nitrogen and oxygen atoms in total. The van der Waals surface area contributed by atoms with Crippen LogP contribution in [0, 0.1) is 5.41 Å². The molecule has 0 spiro atoms. The zero-order chi connectivity index (χ0) is 16.0. The third kappa shape index (κ3) is 5.38. The van der Waals surface area contributed by atoms with Gasteiger partial charge in [0.25, 0.3) is 0 Å². The zero-order valence-corrected chi connectivity index (χ0v) is 13.7. The first-order chi connectivity index (χ1) is 9.85. The molecule has 0 bridgehead atoms. The molecular formula is C14H11BrCl2N2O2. The molecule has 0 atom stereocenters. The number of hydrogen-bond acceptors (Lipinski definition) is 3. The van der Waals surface area contributed by atoms with Crippen LogP contribution in [-0.4, -0.2) is 17.2 Å². The highest BCUT2D eigenvalue weighted by molar-refractivity contribution is 9.10. The van der Waals surface area contributed by atoms with Gasteiger partial charge in [0, 0.05) is 26.8 Å². The standard InChI is InChI=1S/C7H6BrNO.C7H5Cl2NO/c8-6-3-1-5(2-4-6)7(9)10;8-5-1-4(3-10)7(11)6(9)2-5/h1-4H,(H2,9,10);1-3,10-11H. The minimum atomic E-state index is -0.396. The summed E-state index contributed by atoms with van der Waals surface area (Å²) < 4.78 is 0.942. The van der Waals surface area contributed by atoms with Gasteiger partial charge in [-0.3, -0.25) is 4.79 Å². The third-order valence-electron chi connectivity index (χ3n) is 2.34. The molecule has 1 amide bonds. The Morgan fingerprint density at radius 3 is 2.29 bits per heavy atom. The van der Waals surface area contributed by atoms with Crippen molar-refractivity contribution >= 4 is 51.3 Å². The van der Waals surface area contributed by atoms with Crippen molar-refractivity contribution in [2.75, 3.05) is 0 Å². The second kappa shape index (κ2) is 8.02. The van der Waals surface area contributed by atoms with Gasteiger partial charge in [0.2, 0.25) is 5.91 Å². The summed E-state index contributed by atoms with van der Waals surface area (Å²) in [4.78, 5) is 10.5. The molecule has 0 fully saturated rings. The highest BCUT2D eigenvalue weighted by Crippen LogP contribution is 2.29. The molecule has 0 radical (unpaired) electrons. The van der Waals surface area contributed by atoms with Crippen LogP contribution in [0.5, 0.6) is 5.75 Å². The number of nitrogens with two attached hydrogens (primary N) is 1. The minimum Gasteiger partial charge on any atom is -0.506 e. The molecule has 2 rings (SSSR count). The summed E-state index contributed by atoms with van der Waals surface area (Å²) in [6, 6.07) is 9.79. The molecule has 0 aliphatic rings. The number of phenols is 1. The van der Waals surface area contributed by atoms with Gasteiger partial charge in [-0.25, -0.2) is 0 Å². The number of benzene rings is 2. The van der Waals surface area contributed by atoms with Crippen LogP contribution in [-0.2, 0) is 0 Å². The fourth-order valence-electron chi connectivity index (χ4n) is 1.31. The van der Waals surface area contributed by atoms with Crippen LogP contribution >= 0.6 is 39.1 Å². The lowest BCUT2D eigenvalue weighted by Crippen LogP contribution is -2.10. The van der Waals surface area contributed by atoms with E-state index in [9.17, 15) is 9.90 Å². The van der Waals surface area contributed by atoms with E-state index in [2.05, 4.69) is 15.9 Å². The molecule has 0 heterocycles. The summed E-state index contributed by atoms with van der Waals surface area (Å²) in [5, 5.41) is 16.6. The summed E-state index contributed by atoms with van der Waals surface area (Å²) in [7, 11) is 0. The van der Waals surface area contributed by atoms with Crippen molar-refractivity contribution < 1.29 is 9.90 Å². The summed E-state index contributed by atoms with van der Waals surface area (Å²) in [6.07, 6.45) is 0.993. The Hall–Kier alpha value is -1.56. The molecule has 0 aliphatic carbocycles. The Morgan fingerprint density at radius 1 is 1.24 bits per heavy atom. The number of amides is 1. The molecule has 0 saturated carbocycles. The van der Waals surface area contributed by atoms with E-state index in [1.807, 2.05) is 0 Å². The number of rotatable bonds is 2. The predicted octanol–water partition coefficient (Wildman–Crippen LogP) is 4.24. The largest absolute Gasteiger partial charge is 0.506 e. The van der Waals surface area contributed by atoms with Crippen LogP contribution in [0.1, 0.15) is 15.9 Å². The van der Waals surface area contributed by atoms with E-state index in [1.54, 1.807) is 24.3 Å². The van der Waals surface area contributed by atoms with Crippen molar-refractivity contribution in [3.63, 3.8) is 0 Å². The molecule has 7 heteroatoms. The van der Waals surface area contributed by atoms with E-state index in [0.29, 0.717) is 16.1 Å². The van der Waals surface area contributed by atoms with Crippen LogP contribution in [0.4, 0.5) is 0 Å². The Bertz CT molecular complexity index is 661. The fraction of sp³-hybridized carbons (Fsp3) is 0. The van der Waals surface area contributed by atoms with E-state index < -0.39 is 5.91 Å². The zero-order valence-electron chi connectivity index (χ0n) is 10.6. The van der Waals surface area contributed by atoms with Gasteiger partial charge in [-0.2, -0.15) is 0 Å². The summed E-state index contributed by atoms with van der Waals surface area (Å²) in [6.45, 7) is 0. The van der Waals surface area contributed by atoms with Crippen molar-refractivity contribution in [3.8, 4) is 5.75 Å². The predicted molar refractivity (Wildman–Crippen MR) is 88.7 cm³/mol. The number of carbonyl (C=O) groups excluding carboxylic acids is 1. The normalized spacial score (nSPS) is 9.48. The average Bonchev–Trinajstić information content (AvgIpc) is 2.44. The SMILES string of the molecule is N=Cc1cc(Cl)cc(Cl)c1O.NC(=O)c1ccc(Br)cc1. The molecule has 110 valence electrons. The van der Waals surface area contributed by atoms with Gasteiger partial charge in [-0.05, 0) is 36.4 Å². The lowest BCUT2D eigenvalue weighted by atomic mass is 10.2. The van der Waals surface area contributed by atoms with Gasteiger partial charge in [0.05, 0.1) is 5.02 Å². The number of halogens is 3. The molecule has 0 aromatic heterocycles. The smallest absolute Gasteiger partial charge is 0.248 e. The van der Waals surface area contributed by atoms with Crippen LogP contribution in [0.3, 0.4) is 0 Å². The second-order valence-corrected chi connectivity index (χ2v) is 5.60. The Labute approximate surface area is 140 Å². The monoisotopic (exact) mass is 388 g/mol. The van der Waals surface area contributed by atoms with Crippen molar-refractivity contribution in [2.45, 2.75) is 0 Å². The van der Waals surface area contributed by atoms with Crippen molar-refractivity contribution in [1.29, 1.82) is 5.41 Å². The number of aromatic hydroxyl groups is 1. The Morgan fingerprint density at radius 2 is 1.81 bits per heavy atom. The van der Waals surface area contributed by atoms with Crippen LogP contribution in [0.15, 0.2) is 40.9 Å². The Kier molecular flexibility index (Phi) is 6.68. The molecular weight excluding hydrogens is 379 g/mol. The maximum atomic E-state index is 10.5. The van der Waals surface area contributed by atoms with E-state index >= 15 is 0 Å². The fourth-order valence-corrected chi connectivity index (χ4v) is 2.08. The average molecular weight is 390 g/mol. The van der Waals surface area contributed by atoms with E-state index in [-0.39, 0.29) is 10.8 Å². The topological polar surface area (TPSA) is 87.2 Å². The summed E-state index contributed by atoms with van der Waals surface area (Å²) in [5.41, 5.74) is 5.86. The quantitative estimate of drug-likeness (QED) is 0.670. The van der Waals surface area contributed by atoms with Crippen molar-refractivity contribution in [3.05, 3.63) is 62.0 Å². The minimum absolute atomic E-state index is 0.105. The first-order valence-corrected chi connectivity index (χ1v) is 7.14. The van der Waals surface area contributed by atoms with Gasteiger partial charge in [0.1, 0.15) is 5.75 Å². The summed E-state index contributed by atoms with van der Waals surface area (Å²) in [5.74, 6) is -0.501. The number of carbonyl (C=O) groups is 1. The molecule has 2 aromatic rings. The van der Waals surface area contributed by atoms with Gasteiger partial charge in [0.15, 0.2) is 0 Å². The highest BCUT2D eigenvalue weighted by Gasteiger charge is 2.04. The summed E-state index contributed by atoms with van der Waals surface area (Å²) >= 11 is 14.4. The first kappa shape index (κ1) is 17.5. The second-order valence-electron chi connectivity index (χ2n) is 3.84. The number of primary amides is 1. The first-order valence-electron chi connectivity index (χ1n) is 5.59. The van der Waals surface area contributed by atoms with Crippen LogP contribution < -0.4 is 5.73 Å². The van der Waals surface area contributed by atoms with Crippen LogP contribution in [0.25, 0.3) is 0 Å². The van der Waals surface area contributed by atoms with E-state index in [4.69, 9.17) is 34.3 Å². The lowest BCUT2D eigenvalue weighted by Gasteiger charge is -2.00. The molecule has 0 unspecified atom stereocenters. The van der Waals surface area contributed by atoms with Gasteiger partial charge < -0.3 is 16.2 Å². The van der Waals surface area contributed by atoms with E-state index in [0.717, 1.165) is 10.7 Å². The number of hydrogen-bond donors (Lipinski definition) is 3. The number of nitrogens with one attached hydrogen (secondary N) is 1. The van der Waals surface area contributed by atoms with Crippen LogP contribution in [0.2, 0.25) is 10.0 Å². The molecule has 4 N–H and O–H groups in total. The maximum Gasteiger partial charge on any atom is 0.248 e. The number of phenolic OH excluding ortho intramolecular Hbond substituents is 1. The van der Waals surface area contributed by atoms with Crippen molar-refractivity contribution in [2.24, 2.45) is 5.73 Å². The molecule has 2 aromatic carbocycles. The third-order valence-corrected chi connectivity index (χ3v) is 3.38. The molecule has 0 saturated heterocycles. The van der Waals surface area contributed by atoms with Gasteiger partial charge in [-0.15, -0.1) is 0 Å². The lowest BCUT2D eigenvalue weighted by molar-refractivity contribution is 0.100. The Balaban J connectivity index is 0.000000211.